The molecule has 0 saturated carbocycles. The van der Waals surface area contributed by atoms with E-state index in [0.717, 1.165) is 19.3 Å². The first-order chi connectivity index (χ1) is 10.3. The number of nitrogens with zero attached hydrogens (tertiary/aromatic N) is 3. The molecule has 2 fully saturated rings. The number of nitriles is 1. The number of hydrogen-bond donors (Lipinski definition) is 0. The Kier molecular flexibility index (Phi) is 4.94. The summed E-state index contributed by atoms with van der Waals surface area (Å²) < 4.78 is 5.40. The van der Waals surface area contributed by atoms with E-state index < -0.39 is 17.7 Å². The Hall–Kier alpha value is -1.77. The molecule has 0 aliphatic carbocycles. The Morgan fingerprint density at radius 3 is 2.32 bits per heavy atom. The van der Waals surface area contributed by atoms with E-state index in [1.54, 1.807) is 9.80 Å². The third-order valence-corrected chi connectivity index (χ3v) is 4.16. The number of ether oxygens (including phenoxy) is 1. The van der Waals surface area contributed by atoms with E-state index in [-0.39, 0.29) is 11.8 Å². The summed E-state index contributed by atoms with van der Waals surface area (Å²) in [6.07, 6.45) is 2.55. The number of likely N-dealkylation sites (tertiary alicyclic amines) is 2. The molecule has 2 rings (SSSR count). The minimum absolute atomic E-state index is 0.000232. The minimum Gasteiger partial charge on any atom is -0.444 e. The second kappa shape index (κ2) is 6.55. The summed E-state index contributed by atoms with van der Waals surface area (Å²) in [5.74, 6) is 0.0503. The maximum absolute atomic E-state index is 12.7. The van der Waals surface area contributed by atoms with Crippen LogP contribution in [0.5, 0.6) is 0 Å². The predicted molar refractivity (Wildman–Crippen MR) is 80.9 cm³/mol. The standard InChI is InChI=1S/C16H25N3O3/c1-16(2,3)22-15(21)19-8-4-5-13(19)14(20)18-9-6-12(11-17)7-10-18/h12-13H,4-10H2,1-3H3. The Balaban J connectivity index is 1.97. The molecule has 122 valence electrons. The van der Waals surface area contributed by atoms with Crippen LogP contribution >= 0.6 is 0 Å². The van der Waals surface area contributed by atoms with Gasteiger partial charge < -0.3 is 9.64 Å². The maximum atomic E-state index is 12.7. The van der Waals surface area contributed by atoms with E-state index in [1.165, 1.54) is 0 Å². The van der Waals surface area contributed by atoms with Gasteiger partial charge in [0.2, 0.25) is 5.91 Å². The van der Waals surface area contributed by atoms with Crippen molar-refractivity contribution in [1.29, 1.82) is 5.26 Å². The average molecular weight is 307 g/mol. The summed E-state index contributed by atoms with van der Waals surface area (Å²) in [5, 5.41) is 8.93. The van der Waals surface area contributed by atoms with E-state index in [9.17, 15) is 9.59 Å². The second-order valence-electron chi connectivity index (χ2n) is 7.06. The van der Waals surface area contributed by atoms with Crippen LogP contribution in [-0.2, 0) is 9.53 Å². The lowest BCUT2D eigenvalue weighted by Crippen LogP contribution is -2.50. The lowest BCUT2D eigenvalue weighted by atomic mass is 9.98. The van der Waals surface area contributed by atoms with E-state index in [1.807, 2.05) is 20.8 Å². The highest BCUT2D eigenvalue weighted by atomic mass is 16.6. The number of piperidine rings is 1. The van der Waals surface area contributed by atoms with Crippen molar-refractivity contribution in [2.45, 2.75) is 58.1 Å². The van der Waals surface area contributed by atoms with Gasteiger partial charge in [0.25, 0.3) is 0 Å². The first-order valence-electron chi connectivity index (χ1n) is 8.00. The summed E-state index contributed by atoms with van der Waals surface area (Å²) >= 11 is 0. The van der Waals surface area contributed by atoms with Gasteiger partial charge in [-0.3, -0.25) is 9.69 Å². The zero-order valence-corrected chi connectivity index (χ0v) is 13.7. The molecule has 0 N–H and O–H groups in total. The van der Waals surface area contributed by atoms with Crippen molar-refractivity contribution in [1.82, 2.24) is 9.80 Å². The van der Waals surface area contributed by atoms with Crippen LogP contribution in [0.3, 0.4) is 0 Å². The molecule has 2 amide bonds. The molecule has 0 spiro atoms. The van der Waals surface area contributed by atoms with Gasteiger partial charge in [0.05, 0.1) is 6.07 Å². The molecule has 1 atom stereocenters. The smallest absolute Gasteiger partial charge is 0.410 e. The molecular formula is C16H25N3O3. The zero-order valence-electron chi connectivity index (χ0n) is 13.7. The van der Waals surface area contributed by atoms with Gasteiger partial charge in [-0.2, -0.15) is 5.26 Å². The molecule has 2 heterocycles. The van der Waals surface area contributed by atoms with Gasteiger partial charge in [-0.1, -0.05) is 0 Å². The molecule has 2 aliphatic heterocycles. The first kappa shape index (κ1) is 16.6. The fourth-order valence-corrected chi connectivity index (χ4v) is 3.00. The molecule has 1 unspecified atom stereocenters. The minimum atomic E-state index is -0.557. The highest BCUT2D eigenvalue weighted by Crippen LogP contribution is 2.24. The SMILES string of the molecule is CC(C)(C)OC(=O)N1CCCC1C(=O)N1CCC(C#N)CC1. The number of carbonyl (C=O) groups is 2. The molecule has 0 radical (unpaired) electrons. The molecule has 6 heteroatoms. The van der Waals surface area contributed by atoms with E-state index in [2.05, 4.69) is 6.07 Å². The number of amides is 2. The Morgan fingerprint density at radius 2 is 1.77 bits per heavy atom. The van der Waals surface area contributed by atoms with Gasteiger partial charge in [-0.15, -0.1) is 0 Å². The number of hydrogen-bond acceptors (Lipinski definition) is 4. The average Bonchev–Trinajstić information content (AvgIpc) is 2.94. The first-order valence-corrected chi connectivity index (χ1v) is 8.00. The molecule has 6 nitrogen and oxygen atoms in total. The van der Waals surface area contributed by atoms with E-state index >= 15 is 0 Å². The van der Waals surface area contributed by atoms with Gasteiger partial charge in [-0.25, -0.2) is 4.79 Å². The topological polar surface area (TPSA) is 73.6 Å². The summed E-state index contributed by atoms with van der Waals surface area (Å²) in [6.45, 7) is 7.25. The highest BCUT2D eigenvalue weighted by molar-refractivity contribution is 5.86. The highest BCUT2D eigenvalue weighted by Gasteiger charge is 2.39. The normalized spacial score (nSPS) is 23.3. The predicted octanol–water partition coefficient (Wildman–Crippen LogP) is 2.15. The second-order valence-corrected chi connectivity index (χ2v) is 7.06. The quantitative estimate of drug-likeness (QED) is 0.744. The monoisotopic (exact) mass is 307 g/mol. The number of carbonyl (C=O) groups excluding carboxylic acids is 2. The van der Waals surface area contributed by atoms with Gasteiger partial charge in [0.15, 0.2) is 0 Å². The summed E-state index contributed by atoms with van der Waals surface area (Å²) in [5.41, 5.74) is -0.557. The fourth-order valence-electron chi connectivity index (χ4n) is 3.00. The van der Waals surface area contributed by atoms with Gasteiger partial charge in [-0.05, 0) is 46.5 Å². The molecule has 2 saturated heterocycles. The van der Waals surface area contributed by atoms with Crippen LogP contribution in [0.15, 0.2) is 0 Å². The Bertz CT molecular complexity index is 470. The van der Waals surface area contributed by atoms with Gasteiger partial charge in [0, 0.05) is 25.6 Å². The summed E-state index contributed by atoms with van der Waals surface area (Å²) in [6, 6.07) is 1.85. The largest absolute Gasteiger partial charge is 0.444 e. The van der Waals surface area contributed by atoms with Crippen LogP contribution in [0, 0.1) is 17.2 Å². The van der Waals surface area contributed by atoms with Gasteiger partial charge in [0.1, 0.15) is 11.6 Å². The van der Waals surface area contributed by atoms with Crippen molar-refractivity contribution in [2.75, 3.05) is 19.6 Å². The fraction of sp³-hybridized carbons (Fsp3) is 0.812. The van der Waals surface area contributed by atoms with Crippen molar-refractivity contribution >= 4 is 12.0 Å². The van der Waals surface area contributed by atoms with Crippen molar-refractivity contribution in [2.24, 2.45) is 5.92 Å². The Morgan fingerprint density at radius 1 is 1.14 bits per heavy atom. The van der Waals surface area contributed by atoms with Crippen molar-refractivity contribution < 1.29 is 14.3 Å². The van der Waals surface area contributed by atoms with Crippen LogP contribution < -0.4 is 0 Å². The molecule has 0 aromatic rings. The summed E-state index contributed by atoms with van der Waals surface area (Å²) in [7, 11) is 0. The van der Waals surface area contributed by atoms with Crippen LogP contribution in [0.1, 0.15) is 46.5 Å². The molecule has 0 aromatic carbocycles. The lowest BCUT2D eigenvalue weighted by Gasteiger charge is -2.34. The van der Waals surface area contributed by atoms with Crippen LogP contribution in [0.25, 0.3) is 0 Å². The maximum Gasteiger partial charge on any atom is 0.410 e. The van der Waals surface area contributed by atoms with E-state index in [0.29, 0.717) is 26.1 Å². The third kappa shape index (κ3) is 3.90. The van der Waals surface area contributed by atoms with Crippen molar-refractivity contribution in [3.8, 4) is 6.07 Å². The van der Waals surface area contributed by atoms with Crippen LogP contribution in [-0.4, -0.2) is 53.1 Å². The van der Waals surface area contributed by atoms with Crippen molar-refractivity contribution in [3.63, 3.8) is 0 Å². The summed E-state index contributed by atoms with van der Waals surface area (Å²) in [4.78, 5) is 28.3. The third-order valence-electron chi connectivity index (χ3n) is 4.16. The number of rotatable bonds is 1. The molecule has 22 heavy (non-hydrogen) atoms. The zero-order chi connectivity index (χ0) is 16.3. The van der Waals surface area contributed by atoms with Crippen LogP contribution in [0.2, 0.25) is 0 Å². The molecule has 0 bridgehead atoms. The van der Waals surface area contributed by atoms with E-state index in [4.69, 9.17) is 10.00 Å². The lowest BCUT2D eigenvalue weighted by molar-refractivity contribution is -0.137. The van der Waals surface area contributed by atoms with Gasteiger partial charge >= 0.3 is 6.09 Å². The molecule has 2 aliphatic rings. The van der Waals surface area contributed by atoms with Crippen molar-refractivity contribution in [3.05, 3.63) is 0 Å². The molecule has 0 aromatic heterocycles. The Labute approximate surface area is 132 Å². The molecular weight excluding hydrogens is 282 g/mol. The van der Waals surface area contributed by atoms with Crippen LogP contribution in [0.4, 0.5) is 4.79 Å².